The number of piperidine rings is 1. The number of thiophene rings is 1. The van der Waals surface area contributed by atoms with Gasteiger partial charge in [-0.15, -0.1) is 0 Å². The van der Waals surface area contributed by atoms with Crippen molar-refractivity contribution in [2.45, 2.75) is 19.4 Å². The van der Waals surface area contributed by atoms with Crippen molar-refractivity contribution in [2.75, 3.05) is 13.1 Å². The van der Waals surface area contributed by atoms with E-state index < -0.39 is 34.7 Å². The molecule has 1 aromatic carbocycles. The standard InChI is InChI=1S/C17H16F3NOS/c18-13-7-14(19)16(15(20)8-13)17(22)12-1-4-21(5-2-12)9-11-3-6-23-10-11/h3,6-8,10,12H,1-2,4-5,9H2. The molecule has 2 nitrogen and oxygen atoms in total. The molecular weight excluding hydrogens is 323 g/mol. The van der Waals surface area contributed by atoms with E-state index in [0.29, 0.717) is 38.1 Å². The summed E-state index contributed by atoms with van der Waals surface area (Å²) < 4.78 is 40.4. The van der Waals surface area contributed by atoms with Crippen LogP contribution in [0.2, 0.25) is 0 Å². The van der Waals surface area contributed by atoms with Gasteiger partial charge in [-0.1, -0.05) is 0 Å². The molecule has 1 aliphatic rings. The molecule has 122 valence electrons. The van der Waals surface area contributed by atoms with E-state index in [0.717, 1.165) is 6.54 Å². The summed E-state index contributed by atoms with van der Waals surface area (Å²) >= 11 is 1.64. The van der Waals surface area contributed by atoms with Crippen LogP contribution in [0.3, 0.4) is 0 Å². The van der Waals surface area contributed by atoms with Crippen molar-refractivity contribution in [3.63, 3.8) is 0 Å². The molecule has 1 saturated heterocycles. The van der Waals surface area contributed by atoms with E-state index in [1.165, 1.54) is 5.56 Å². The van der Waals surface area contributed by atoms with Gasteiger partial charge in [0.1, 0.15) is 17.5 Å². The third kappa shape index (κ3) is 3.64. The van der Waals surface area contributed by atoms with E-state index in [1.807, 2.05) is 5.38 Å². The predicted molar refractivity (Wildman–Crippen MR) is 83.0 cm³/mol. The van der Waals surface area contributed by atoms with Crippen LogP contribution in [-0.2, 0) is 6.54 Å². The van der Waals surface area contributed by atoms with Gasteiger partial charge in [-0.3, -0.25) is 9.69 Å². The number of nitrogens with zero attached hydrogens (tertiary/aromatic N) is 1. The Bertz CT molecular complexity index is 671. The molecule has 1 aromatic heterocycles. The van der Waals surface area contributed by atoms with E-state index in [4.69, 9.17) is 0 Å². The Labute approximate surface area is 136 Å². The fourth-order valence-corrected chi connectivity index (χ4v) is 3.64. The molecule has 0 atom stereocenters. The first kappa shape index (κ1) is 16.2. The second-order valence-corrected chi connectivity index (χ2v) is 6.57. The first-order valence-corrected chi connectivity index (χ1v) is 8.41. The lowest BCUT2D eigenvalue weighted by Gasteiger charge is -2.31. The lowest BCUT2D eigenvalue weighted by atomic mass is 9.88. The summed E-state index contributed by atoms with van der Waals surface area (Å²) in [5.74, 6) is -4.22. The van der Waals surface area contributed by atoms with E-state index in [1.54, 1.807) is 11.3 Å². The van der Waals surface area contributed by atoms with E-state index >= 15 is 0 Å². The van der Waals surface area contributed by atoms with Crippen LogP contribution in [0.25, 0.3) is 0 Å². The largest absolute Gasteiger partial charge is 0.299 e. The van der Waals surface area contributed by atoms with E-state index in [-0.39, 0.29) is 0 Å². The smallest absolute Gasteiger partial charge is 0.171 e. The Kier molecular flexibility index (Phi) is 4.82. The molecule has 1 aliphatic heterocycles. The number of carbonyl (C=O) groups excluding carboxylic acids is 1. The third-order valence-electron chi connectivity index (χ3n) is 4.20. The number of hydrogen-bond donors (Lipinski definition) is 0. The average molecular weight is 339 g/mol. The molecule has 0 radical (unpaired) electrons. The predicted octanol–water partition coefficient (Wildman–Crippen LogP) is 4.26. The van der Waals surface area contributed by atoms with E-state index in [2.05, 4.69) is 16.3 Å². The lowest BCUT2D eigenvalue weighted by molar-refractivity contribution is 0.0826. The van der Waals surface area contributed by atoms with Gasteiger partial charge >= 0.3 is 0 Å². The summed E-state index contributed by atoms with van der Waals surface area (Å²) in [5, 5.41) is 4.10. The minimum atomic E-state index is -1.12. The summed E-state index contributed by atoms with van der Waals surface area (Å²) in [4.78, 5) is 14.6. The maximum Gasteiger partial charge on any atom is 0.171 e. The Morgan fingerprint density at radius 1 is 1.17 bits per heavy atom. The number of likely N-dealkylation sites (tertiary alicyclic amines) is 1. The van der Waals surface area contributed by atoms with Crippen molar-refractivity contribution in [3.05, 3.63) is 57.5 Å². The molecule has 2 heterocycles. The highest BCUT2D eigenvalue weighted by atomic mass is 32.1. The molecule has 0 saturated carbocycles. The normalized spacial score (nSPS) is 16.7. The number of halogens is 3. The summed E-state index contributed by atoms with van der Waals surface area (Å²) in [6, 6.07) is 3.18. The minimum Gasteiger partial charge on any atom is -0.299 e. The van der Waals surface area contributed by atoms with Crippen molar-refractivity contribution in [3.8, 4) is 0 Å². The molecule has 0 aliphatic carbocycles. The van der Waals surface area contributed by atoms with Gasteiger partial charge in [-0.2, -0.15) is 11.3 Å². The van der Waals surface area contributed by atoms with Gasteiger partial charge < -0.3 is 0 Å². The SMILES string of the molecule is O=C(c1c(F)cc(F)cc1F)C1CCN(Cc2ccsc2)CC1. The summed E-state index contributed by atoms with van der Waals surface area (Å²) in [6.45, 7) is 2.23. The van der Waals surface area contributed by atoms with Gasteiger partial charge in [-0.25, -0.2) is 13.2 Å². The monoisotopic (exact) mass is 339 g/mol. The summed E-state index contributed by atoms with van der Waals surface area (Å²) in [6.07, 6.45) is 1.11. The van der Waals surface area contributed by atoms with Crippen molar-refractivity contribution >= 4 is 17.1 Å². The number of benzene rings is 1. The van der Waals surface area contributed by atoms with Gasteiger partial charge in [-0.05, 0) is 48.3 Å². The molecule has 3 rings (SSSR count). The highest BCUT2D eigenvalue weighted by Gasteiger charge is 2.29. The molecule has 0 unspecified atom stereocenters. The zero-order chi connectivity index (χ0) is 16.4. The highest BCUT2D eigenvalue weighted by Crippen LogP contribution is 2.26. The molecule has 23 heavy (non-hydrogen) atoms. The zero-order valence-electron chi connectivity index (χ0n) is 12.4. The molecule has 6 heteroatoms. The topological polar surface area (TPSA) is 20.3 Å². The van der Waals surface area contributed by atoms with Crippen molar-refractivity contribution in [1.29, 1.82) is 0 Å². The van der Waals surface area contributed by atoms with Gasteiger partial charge in [0.15, 0.2) is 5.78 Å². The molecule has 2 aromatic rings. The number of hydrogen-bond acceptors (Lipinski definition) is 3. The summed E-state index contributed by atoms with van der Waals surface area (Å²) in [7, 11) is 0. The van der Waals surface area contributed by atoms with Crippen molar-refractivity contribution in [1.82, 2.24) is 4.90 Å². The van der Waals surface area contributed by atoms with Gasteiger partial charge in [0.25, 0.3) is 0 Å². The fourth-order valence-electron chi connectivity index (χ4n) is 2.98. The number of Topliss-reactive ketones (excluding diaryl/α,β-unsaturated/α-hetero) is 1. The molecular formula is C17H16F3NOS. The number of carbonyl (C=O) groups is 1. The van der Waals surface area contributed by atoms with E-state index in [9.17, 15) is 18.0 Å². The first-order valence-electron chi connectivity index (χ1n) is 7.47. The Morgan fingerprint density at radius 3 is 2.39 bits per heavy atom. The Morgan fingerprint density at radius 2 is 1.83 bits per heavy atom. The zero-order valence-corrected chi connectivity index (χ0v) is 13.2. The average Bonchev–Trinajstić information content (AvgIpc) is 2.99. The van der Waals surface area contributed by atoms with Crippen LogP contribution >= 0.6 is 11.3 Å². The van der Waals surface area contributed by atoms with Crippen LogP contribution in [0.5, 0.6) is 0 Å². The maximum atomic E-state index is 13.7. The molecule has 0 N–H and O–H groups in total. The lowest BCUT2D eigenvalue weighted by Crippen LogP contribution is -2.36. The highest BCUT2D eigenvalue weighted by molar-refractivity contribution is 7.07. The quantitative estimate of drug-likeness (QED) is 0.776. The van der Waals surface area contributed by atoms with Crippen LogP contribution in [0, 0.1) is 23.4 Å². The molecule has 0 amide bonds. The fraction of sp³-hybridized carbons (Fsp3) is 0.353. The van der Waals surface area contributed by atoms with Gasteiger partial charge in [0.05, 0.1) is 5.56 Å². The van der Waals surface area contributed by atoms with Gasteiger partial charge in [0, 0.05) is 24.6 Å². The Balaban J connectivity index is 1.64. The minimum absolute atomic E-state index is 0.414. The maximum absolute atomic E-state index is 13.7. The summed E-state index contributed by atoms with van der Waals surface area (Å²) in [5.41, 5.74) is 0.623. The first-order chi connectivity index (χ1) is 11.0. The Hall–Kier alpha value is -1.66. The van der Waals surface area contributed by atoms with Crippen LogP contribution in [-0.4, -0.2) is 23.8 Å². The van der Waals surface area contributed by atoms with Crippen molar-refractivity contribution in [2.24, 2.45) is 5.92 Å². The number of rotatable bonds is 4. The van der Waals surface area contributed by atoms with Crippen LogP contribution in [0.1, 0.15) is 28.8 Å². The van der Waals surface area contributed by atoms with Crippen LogP contribution < -0.4 is 0 Å². The van der Waals surface area contributed by atoms with Crippen LogP contribution in [0.15, 0.2) is 29.0 Å². The molecule has 1 fully saturated rings. The van der Waals surface area contributed by atoms with Gasteiger partial charge in [0.2, 0.25) is 0 Å². The second kappa shape index (κ2) is 6.84. The number of ketones is 1. The van der Waals surface area contributed by atoms with Crippen LogP contribution in [0.4, 0.5) is 13.2 Å². The third-order valence-corrected chi connectivity index (χ3v) is 4.93. The van der Waals surface area contributed by atoms with Crippen molar-refractivity contribution < 1.29 is 18.0 Å². The molecule has 0 spiro atoms. The second-order valence-electron chi connectivity index (χ2n) is 5.79. The molecule has 0 bridgehead atoms.